The van der Waals surface area contributed by atoms with Crippen LogP contribution in [0.25, 0.3) is 0 Å². The third kappa shape index (κ3) is 3.82. The zero-order chi connectivity index (χ0) is 18.1. The fourth-order valence-corrected chi connectivity index (χ4v) is 5.86. The van der Waals surface area contributed by atoms with Gasteiger partial charge in [0.1, 0.15) is 0 Å². The number of hydrogen-bond donors (Lipinski definition) is 2. The Kier molecular flexibility index (Phi) is 6.93. The Hall–Kier alpha value is -0.570. The lowest BCUT2D eigenvalue weighted by Crippen LogP contribution is -2.69. The molecule has 2 N–H and O–H groups in total. The molecule has 0 bridgehead atoms. The predicted octanol–water partition coefficient (Wildman–Crippen LogP) is 2.52. The van der Waals surface area contributed by atoms with Crippen LogP contribution < -0.4 is 10.6 Å². The third-order valence-corrected chi connectivity index (χ3v) is 7.08. The largest absolute Gasteiger partial charge is 0.377 e. The summed E-state index contributed by atoms with van der Waals surface area (Å²) < 4.78 is 6.10. The molecular weight excluding hydrogens is 455 g/mol. The molecule has 2 saturated carbocycles. The average molecular weight is 490 g/mol. The van der Waals surface area contributed by atoms with E-state index in [1.807, 2.05) is 11.8 Å². The SMILES string of the molecule is CCN=C(NC1CCN(C(=O)CC)C1)NC1C2CCOC2C12CCCC2.I. The Labute approximate surface area is 180 Å². The fourth-order valence-electron chi connectivity index (χ4n) is 5.86. The quantitative estimate of drug-likeness (QED) is 0.361. The number of nitrogens with zero attached hydrogens (tertiary/aromatic N) is 2. The summed E-state index contributed by atoms with van der Waals surface area (Å²) in [4.78, 5) is 18.6. The maximum Gasteiger partial charge on any atom is 0.222 e. The maximum absolute atomic E-state index is 11.9. The molecule has 4 aliphatic rings. The first-order chi connectivity index (χ1) is 12.7. The van der Waals surface area contributed by atoms with Gasteiger partial charge in [-0.15, -0.1) is 24.0 Å². The highest BCUT2D eigenvalue weighted by atomic mass is 127. The van der Waals surface area contributed by atoms with Gasteiger partial charge in [0.2, 0.25) is 5.91 Å². The minimum Gasteiger partial charge on any atom is -0.377 e. The Bertz CT molecular complexity index is 564. The first kappa shape index (κ1) is 21.1. The van der Waals surface area contributed by atoms with Crippen LogP contribution in [0.4, 0.5) is 0 Å². The van der Waals surface area contributed by atoms with Gasteiger partial charge >= 0.3 is 0 Å². The van der Waals surface area contributed by atoms with Crippen LogP contribution in [0.3, 0.4) is 0 Å². The number of carbonyl (C=O) groups excluding carboxylic acids is 1. The van der Waals surface area contributed by atoms with Crippen LogP contribution >= 0.6 is 24.0 Å². The number of fused-ring (bicyclic) bond motifs is 2. The zero-order valence-corrected chi connectivity index (χ0v) is 19.0. The molecule has 0 radical (unpaired) electrons. The van der Waals surface area contributed by atoms with Crippen molar-refractivity contribution in [3.8, 4) is 0 Å². The molecule has 0 aromatic heterocycles. The van der Waals surface area contributed by atoms with Gasteiger partial charge in [-0.2, -0.15) is 0 Å². The molecule has 4 unspecified atom stereocenters. The molecule has 2 heterocycles. The first-order valence-corrected chi connectivity index (χ1v) is 10.6. The number of hydrogen-bond acceptors (Lipinski definition) is 3. The second-order valence-corrected chi connectivity index (χ2v) is 8.45. The highest BCUT2D eigenvalue weighted by Gasteiger charge is 2.65. The number of rotatable bonds is 4. The molecule has 0 aromatic rings. The number of aliphatic imine (C=N–C) groups is 1. The van der Waals surface area contributed by atoms with Crippen molar-refractivity contribution in [2.75, 3.05) is 26.2 Å². The van der Waals surface area contributed by atoms with E-state index < -0.39 is 0 Å². The van der Waals surface area contributed by atoms with Gasteiger partial charge in [0.05, 0.1) is 6.10 Å². The molecule has 4 fully saturated rings. The van der Waals surface area contributed by atoms with E-state index in [2.05, 4.69) is 17.6 Å². The lowest BCUT2D eigenvalue weighted by atomic mass is 9.54. The number of nitrogens with one attached hydrogen (secondary N) is 2. The maximum atomic E-state index is 11.9. The second-order valence-electron chi connectivity index (χ2n) is 8.45. The number of guanidine groups is 1. The van der Waals surface area contributed by atoms with Crippen molar-refractivity contribution in [3.05, 3.63) is 0 Å². The third-order valence-electron chi connectivity index (χ3n) is 7.08. The van der Waals surface area contributed by atoms with Gasteiger partial charge in [-0.25, -0.2) is 0 Å². The number of halogens is 1. The highest BCUT2D eigenvalue weighted by Crippen LogP contribution is 2.60. The van der Waals surface area contributed by atoms with E-state index in [-0.39, 0.29) is 29.9 Å². The number of carbonyl (C=O) groups is 1. The normalized spacial score (nSPS) is 34.1. The second kappa shape index (κ2) is 8.84. The van der Waals surface area contributed by atoms with Gasteiger partial charge in [0.15, 0.2) is 5.96 Å². The van der Waals surface area contributed by atoms with Crippen molar-refractivity contribution < 1.29 is 9.53 Å². The van der Waals surface area contributed by atoms with E-state index in [0.717, 1.165) is 38.6 Å². The van der Waals surface area contributed by atoms with Crippen molar-refractivity contribution >= 4 is 35.8 Å². The number of amides is 1. The topological polar surface area (TPSA) is 66.0 Å². The van der Waals surface area contributed by atoms with Crippen LogP contribution in [0, 0.1) is 11.3 Å². The van der Waals surface area contributed by atoms with Gasteiger partial charge in [-0.1, -0.05) is 19.8 Å². The predicted molar refractivity (Wildman–Crippen MR) is 117 cm³/mol. The summed E-state index contributed by atoms with van der Waals surface area (Å²) >= 11 is 0. The lowest BCUT2D eigenvalue weighted by molar-refractivity contribution is -0.129. The molecule has 2 saturated heterocycles. The van der Waals surface area contributed by atoms with Crippen LogP contribution in [-0.2, 0) is 9.53 Å². The molecule has 1 spiro atoms. The summed E-state index contributed by atoms with van der Waals surface area (Å²) in [5.74, 6) is 1.83. The van der Waals surface area contributed by atoms with Crippen LogP contribution in [0.1, 0.15) is 58.8 Å². The molecule has 4 atom stereocenters. The van der Waals surface area contributed by atoms with Gasteiger partial charge in [0, 0.05) is 56.1 Å². The van der Waals surface area contributed by atoms with E-state index in [1.165, 1.54) is 32.1 Å². The van der Waals surface area contributed by atoms with Gasteiger partial charge in [-0.05, 0) is 32.6 Å². The molecule has 154 valence electrons. The molecule has 27 heavy (non-hydrogen) atoms. The smallest absolute Gasteiger partial charge is 0.222 e. The first-order valence-electron chi connectivity index (χ1n) is 10.6. The lowest BCUT2D eigenvalue weighted by Gasteiger charge is -2.57. The summed E-state index contributed by atoms with van der Waals surface area (Å²) in [6.45, 7) is 7.35. The van der Waals surface area contributed by atoms with Crippen molar-refractivity contribution in [1.29, 1.82) is 0 Å². The summed E-state index contributed by atoms with van der Waals surface area (Å²) in [5.41, 5.74) is 0.331. The zero-order valence-electron chi connectivity index (χ0n) is 16.7. The molecule has 6 nitrogen and oxygen atoms in total. The summed E-state index contributed by atoms with van der Waals surface area (Å²) in [6, 6.07) is 0.795. The van der Waals surface area contributed by atoms with E-state index in [9.17, 15) is 4.79 Å². The van der Waals surface area contributed by atoms with E-state index in [1.54, 1.807) is 0 Å². The van der Waals surface area contributed by atoms with Crippen molar-refractivity contribution in [2.24, 2.45) is 16.3 Å². The highest BCUT2D eigenvalue weighted by molar-refractivity contribution is 14.0. The van der Waals surface area contributed by atoms with Crippen molar-refractivity contribution in [1.82, 2.24) is 15.5 Å². The molecule has 4 rings (SSSR count). The van der Waals surface area contributed by atoms with Crippen LogP contribution in [0.15, 0.2) is 4.99 Å². The standard InChI is InChI=1S/C20H34N4O2.HI/c1-3-16(25)24-11-7-14(13-24)22-19(21-4-2)23-17-15-8-12-26-18(15)20(17)9-5-6-10-20;/h14-15,17-18H,3-13H2,1-2H3,(H2,21,22,23);1H. The Morgan fingerprint density at radius 3 is 2.70 bits per heavy atom. The summed E-state index contributed by atoms with van der Waals surface area (Å²) in [7, 11) is 0. The van der Waals surface area contributed by atoms with Crippen molar-refractivity contribution in [3.63, 3.8) is 0 Å². The average Bonchev–Trinajstić information content (AvgIpc) is 3.37. The molecule has 0 aromatic carbocycles. The van der Waals surface area contributed by atoms with Crippen molar-refractivity contribution in [2.45, 2.75) is 77.0 Å². The Morgan fingerprint density at radius 1 is 1.22 bits per heavy atom. The van der Waals surface area contributed by atoms with Crippen LogP contribution in [0.5, 0.6) is 0 Å². The Balaban J connectivity index is 0.00000210. The van der Waals surface area contributed by atoms with E-state index in [0.29, 0.717) is 35.9 Å². The minimum atomic E-state index is 0. The molecule has 2 aliphatic heterocycles. The molecule has 2 aliphatic carbocycles. The minimum absolute atomic E-state index is 0. The number of likely N-dealkylation sites (tertiary alicyclic amines) is 1. The van der Waals surface area contributed by atoms with E-state index in [4.69, 9.17) is 9.73 Å². The molecular formula is C20H35IN4O2. The van der Waals surface area contributed by atoms with Crippen LogP contribution in [-0.4, -0.2) is 61.2 Å². The van der Waals surface area contributed by atoms with Gasteiger partial charge < -0.3 is 20.3 Å². The number of ether oxygens (including phenoxy) is 1. The monoisotopic (exact) mass is 490 g/mol. The van der Waals surface area contributed by atoms with Gasteiger partial charge in [-0.3, -0.25) is 9.79 Å². The molecule has 1 amide bonds. The fraction of sp³-hybridized carbons (Fsp3) is 0.900. The summed E-state index contributed by atoms with van der Waals surface area (Å²) in [5, 5.41) is 7.41. The van der Waals surface area contributed by atoms with Crippen LogP contribution in [0.2, 0.25) is 0 Å². The Morgan fingerprint density at radius 2 is 2.00 bits per heavy atom. The summed E-state index contributed by atoms with van der Waals surface area (Å²) in [6.07, 6.45) is 8.46. The van der Waals surface area contributed by atoms with Gasteiger partial charge in [0.25, 0.3) is 0 Å². The molecule has 7 heteroatoms. The van der Waals surface area contributed by atoms with E-state index >= 15 is 0 Å².